The normalized spacial score (nSPS) is 13.4. The molecule has 0 saturated carbocycles. The van der Waals surface area contributed by atoms with E-state index in [1.54, 1.807) is 41.5 Å². The van der Waals surface area contributed by atoms with Crippen LogP contribution in [0.2, 0.25) is 0 Å². The molecular weight excluding hydrogens is 502 g/mol. The van der Waals surface area contributed by atoms with Gasteiger partial charge in [-0.25, -0.2) is 15.0 Å². The molecule has 0 spiro atoms. The fourth-order valence-corrected chi connectivity index (χ4v) is 4.21. The second-order valence-electron chi connectivity index (χ2n) is 11.3. The SMILES string of the molecule is CC(C)(C)OC(=O)CC[C@H](NC(=O)OCC1c2ccccc2-c2ccccc21)C(=O)NNC(=O)OC(C)(C)C. The third kappa shape index (κ3) is 8.73. The smallest absolute Gasteiger partial charge is 0.426 e. The van der Waals surface area contributed by atoms with Crippen LogP contribution in [0.15, 0.2) is 48.5 Å². The minimum absolute atomic E-state index is 0.0520. The number of carbonyl (C=O) groups is 4. The van der Waals surface area contributed by atoms with Gasteiger partial charge in [-0.05, 0) is 70.2 Å². The van der Waals surface area contributed by atoms with Crippen molar-refractivity contribution < 1.29 is 33.4 Å². The number of esters is 1. The Kier molecular flexibility index (Phi) is 9.21. The third-order valence-corrected chi connectivity index (χ3v) is 5.70. The molecule has 3 rings (SSSR count). The van der Waals surface area contributed by atoms with Gasteiger partial charge in [0.05, 0.1) is 0 Å². The zero-order valence-electron chi connectivity index (χ0n) is 23.3. The standard InChI is InChI=1S/C29H37N3O7/c1-28(2,3)38-24(33)16-15-23(25(34)31-32-27(36)39-29(4,5)6)30-26(35)37-17-22-20-13-9-7-11-18(20)19-12-8-10-14-21(19)22/h7-14,22-23H,15-17H2,1-6H3,(H,30,35)(H,31,34)(H,32,36)/t23-/m0/s1. The highest BCUT2D eigenvalue weighted by molar-refractivity contribution is 5.87. The Morgan fingerprint density at radius 2 is 1.31 bits per heavy atom. The monoisotopic (exact) mass is 539 g/mol. The molecule has 0 radical (unpaired) electrons. The molecule has 0 aromatic heterocycles. The van der Waals surface area contributed by atoms with Crippen molar-refractivity contribution in [3.8, 4) is 11.1 Å². The van der Waals surface area contributed by atoms with E-state index in [1.165, 1.54) is 0 Å². The lowest BCUT2D eigenvalue weighted by Crippen LogP contribution is -2.53. The Balaban J connectivity index is 1.64. The number of benzene rings is 2. The number of nitrogens with one attached hydrogen (secondary N) is 3. The van der Waals surface area contributed by atoms with Crippen LogP contribution in [0.1, 0.15) is 71.4 Å². The molecule has 1 atom stereocenters. The summed E-state index contributed by atoms with van der Waals surface area (Å²) in [7, 11) is 0. The molecule has 3 N–H and O–H groups in total. The summed E-state index contributed by atoms with van der Waals surface area (Å²) in [6.07, 6.45) is -1.94. The first kappa shape index (κ1) is 29.5. The minimum Gasteiger partial charge on any atom is -0.460 e. The van der Waals surface area contributed by atoms with E-state index in [1.807, 2.05) is 48.5 Å². The first-order chi connectivity index (χ1) is 18.2. The van der Waals surface area contributed by atoms with E-state index in [0.29, 0.717) is 0 Å². The van der Waals surface area contributed by atoms with Gasteiger partial charge in [0.25, 0.3) is 5.91 Å². The Hall–Kier alpha value is -4.08. The average molecular weight is 540 g/mol. The molecule has 0 unspecified atom stereocenters. The Labute approximate surface area is 228 Å². The van der Waals surface area contributed by atoms with Crippen molar-refractivity contribution >= 4 is 24.1 Å². The summed E-state index contributed by atoms with van der Waals surface area (Å²) in [4.78, 5) is 49.8. The number of carbonyl (C=O) groups excluding carboxylic acids is 4. The Morgan fingerprint density at radius 3 is 1.85 bits per heavy atom. The molecule has 2 aromatic rings. The van der Waals surface area contributed by atoms with Crippen molar-refractivity contribution in [2.75, 3.05) is 6.61 Å². The molecule has 210 valence electrons. The van der Waals surface area contributed by atoms with E-state index < -0.39 is 41.3 Å². The van der Waals surface area contributed by atoms with E-state index >= 15 is 0 Å². The number of ether oxygens (including phenoxy) is 3. The van der Waals surface area contributed by atoms with Crippen LogP contribution in [-0.4, -0.2) is 47.9 Å². The number of hydrogen-bond acceptors (Lipinski definition) is 7. The summed E-state index contributed by atoms with van der Waals surface area (Å²) < 4.78 is 15.9. The Morgan fingerprint density at radius 1 is 0.769 bits per heavy atom. The third-order valence-electron chi connectivity index (χ3n) is 5.70. The molecule has 10 nitrogen and oxygen atoms in total. The van der Waals surface area contributed by atoms with Crippen LogP contribution in [0.4, 0.5) is 9.59 Å². The summed E-state index contributed by atoms with van der Waals surface area (Å²) in [6.45, 7) is 10.3. The number of rotatable bonds is 7. The van der Waals surface area contributed by atoms with Crippen LogP contribution >= 0.6 is 0 Å². The zero-order chi connectivity index (χ0) is 28.8. The summed E-state index contributed by atoms with van der Waals surface area (Å²) in [6, 6.07) is 14.7. The van der Waals surface area contributed by atoms with Crippen molar-refractivity contribution in [1.82, 2.24) is 16.2 Å². The van der Waals surface area contributed by atoms with Gasteiger partial charge >= 0.3 is 18.2 Å². The van der Waals surface area contributed by atoms with Gasteiger partial charge in [-0.1, -0.05) is 48.5 Å². The fraction of sp³-hybridized carbons (Fsp3) is 0.448. The van der Waals surface area contributed by atoms with Gasteiger partial charge in [-0.15, -0.1) is 0 Å². The molecule has 0 bridgehead atoms. The highest BCUT2D eigenvalue weighted by Crippen LogP contribution is 2.44. The van der Waals surface area contributed by atoms with Gasteiger partial charge in [0.15, 0.2) is 0 Å². The van der Waals surface area contributed by atoms with Crippen LogP contribution in [0.3, 0.4) is 0 Å². The molecule has 1 aliphatic rings. The van der Waals surface area contributed by atoms with Gasteiger partial charge < -0.3 is 19.5 Å². The summed E-state index contributed by atoms with van der Waals surface area (Å²) in [5.74, 6) is -1.45. The summed E-state index contributed by atoms with van der Waals surface area (Å²) in [5.41, 5.74) is 7.17. The fourth-order valence-electron chi connectivity index (χ4n) is 4.21. The maximum Gasteiger partial charge on any atom is 0.426 e. The minimum atomic E-state index is -1.19. The summed E-state index contributed by atoms with van der Waals surface area (Å²) >= 11 is 0. The molecule has 0 aliphatic heterocycles. The number of alkyl carbamates (subject to hydrolysis) is 1. The van der Waals surface area contributed by atoms with Crippen molar-refractivity contribution in [3.63, 3.8) is 0 Å². The molecule has 2 aromatic carbocycles. The molecule has 10 heteroatoms. The molecule has 1 aliphatic carbocycles. The van der Waals surface area contributed by atoms with Crippen LogP contribution in [-0.2, 0) is 23.8 Å². The van der Waals surface area contributed by atoms with Crippen molar-refractivity contribution in [3.05, 3.63) is 59.7 Å². The van der Waals surface area contributed by atoms with Crippen LogP contribution in [0, 0.1) is 0 Å². The second kappa shape index (κ2) is 12.2. The van der Waals surface area contributed by atoms with Gasteiger partial charge in [-0.3, -0.25) is 15.0 Å². The predicted molar refractivity (Wildman–Crippen MR) is 145 cm³/mol. The van der Waals surface area contributed by atoms with Crippen molar-refractivity contribution in [2.45, 2.75) is 77.5 Å². The number of hydrogen-bond donors (Lipinski definition) is 3. The van der Waals surface area contributed by atoms with E-state index in [0.717, 1.165) is 22.3 Å². The highest BCUT2D eigenvalue weighted by atomic mass is 16.6. The maximum atomic E-state index is 12.8. The van der Waals surface area contributed by atoms with Crippen LogP contribution < -0.4 is 16.2 Å². The van der Waals surface area contributed by atoms with Gasteiger partial charge in [-0.2, -0.15) is 0 Å². The van der Waals surface area contributed by atoms with Crippen molar-refractivity contribution in [2.24, 2.45) is 0 Å². The lowest BCUT2D eigenvalue weighted by Gasteiger charge is -2.23. The van der Waals surface area contributed by atoms with Gasteiger partial charge in [0.2, 0.25) is 0 Å². The van der Waals surface area contributed by atoms with E-state index in [-0.39, 0.29) is 25.4 Å². The van der Waals surface area contributed by atoms with E-state index in [2.05, 4.69) is 16.2 Å². The molecule has 0 fully saturated rings. The largest absolute Gasteiger partial charge is 0.460 e. The first-order valence-corrected chi connectivity index (χ1v) is 12.9. The quantitative estimate of drug-likeness (QED) is 0.267. The second-order valence-corrected chi connectivity index (χ2v) is 11.3. The van der Waals surface area contributed by atoms with Crippen LogP contribution in [0.5, 0.6) is 0 Å². The van der Waals surface area contributed by atoms with Gasteiger partial charge in [0.1, 0.15) is 23.9 Å². The lowest BCUT2D eigenvalue weighted by molar-refractivity contribution is -0.155. The topological polar surface area (TPSA) is 132 Å². The zero-order valence-corrected chi connectivity index (χ0v) is 23.3. The predicted octanol–water partition coefficient (Wildman–Crippen LogP) is 4.57. The number of hydrazine groups is 1. The van der Waals surface area contributed by atoms with Crippen LogP contribution in [0.25, 0.3) is 11.1 Å². The molecular formula is C29H37N3O7. The molecule has 39 heavy (non-hydrogen) atoms. The first-order valence-electron chi connectivity index (χ1n) is 12.9. The van der Waals surface area contributed by atoms with E-state index in [9.17, 15) is 19.2 Å². The molecule has 0 heterocycles. The number of amides is 3. The average Bonchev–Trinajstić information content (AvgIpc) is 3.15. The molecule has 0 saturated heterocycles. The van der Waals surface area contributed by atoms with E-state index in [4.69, 9.17) is 14.2 Å². The lowest BCUT2D eigenvalue weighted by atomic mass is 9.98. The highest BCUT2D eigenvalue weighted by Gasteiger charge is 2.30. The maximum absolute atomic E-state index is 12.8. The van der Waals surface area contributed by atoms with Crippen molar-refractivity contribution in [1.29, 1.82) is 0 Å². The van der Waals surface area contributed by atoms with Gasteiger partial charge in [0, 0.05) is 12.3 Å². The number of fused-ring (bicyclic) bond motifs is 3. The summed E-state index contributed by atoms with van der Waals surface area (Å²) in [5, 5.41) is 2.51. The Bertz CT molecular complexity index is 1170. The molecule has 3 amide bonds.